The number of nitrogens with one attached hydrogen (secondary N) is 1. The van der Waals surface area contributed by atoms with Gasteiger partial charge in [-0.15, -0.1) is 11.6 Å². The summed E-state index contributed by atoms with van der Waals surface area (Å²) in [5, 5.41) is 3.30. The second-order valence-corrected chi connectivity index (χ2v) is 4.48. The maximum Gasteiger partial charge on any atom is 0.101 e. The number of benzene rings is 2. The van der Waals surface area contributed by atoms with Crippen LogP contribution in [0.2, 0.25) is 0 Å². The molecule has 3 N–H and O–H groups in total. The zero-order chi connectivity index (χ0) is 13.5. The van der Waals surface area contributed by atoms with Gasteiger partial charge in [-0.05, 0) is 17.2 Å². The molecule has 0 radical (unpaired) electrons. The zero-order valence-corrected chi connectivity index (χ0v) is 11.3. The minimum Gasteiger partial charge on any atom is -0.366 e. The number of hydrogen-bond donors (Lipinski definition) is 2. The molecule has 2 aromatic rings. The molecule has 1 unspecified atom stereocenters. The molecule has 0 spiro atoms. The van der Waals surface area contributed by atoms with E-state index in [0.29, 0.717) is 5.88 Å². The molecule has 0 amide bonds. The summed E-state index contributed by atoms with van der Waals surface area (Å²) in [6, 6.07) is 20.0. The highest BCUT2D eigenvalue weighted by molar-refractivity contribution is 6.19. The quantitative estimate of drug-likeness (QED) is 0.646. The van der Waals surface area contributed by atoms with Gasteiger partial charge in [0.15, 0.2) is 0 Å². The Labute approximate surface area is 118 Å². The van der Waals surface area contributed by atoms with Crippen molar-refractivity contribution in [3.05, 3.63) is 77.9 Å². The monoisotopic (exact) mass is 272 g/mol. The summed E-state index contributed by atoms with van der Waals surface area (Å²) < 4.78 is 0. The average molecular weight is 273 g/mol. The van der Waals surface area contributed by atoms with Crippen LogP contribution in [0.25, 0.3) is 5.70 Å². The van der Waals surface area contributed by atoms with E-state index >= 15 is 0 Å². The van der Waals surface area contributed by atoms with E-state index in [4.69, 9.17) is 17.3 Å². The van der Waals surface area contributed by atoms with Gasteiger partial charge in [0.1, 0.15) is 6.17 Å². The Balaban J connectivity index is 2.17. The van der Waals surface area contributed by atoms with Crippen molar-refractivity contribution in [3.8, 4) is 0 Å². The van der Waals surface area contributed by atoms with E-state index in [-0.39, 0.29) is 6.17 Å². The molecule has 2 rings (SSSR count). The molecule has 0 aliphatic carbocycles. The van der Waals surface area contributed by atoms with Crippen LogP contribution >= 0.6 is 11.6 Å². The summed E-state index contributed by atoms with van der Waals surface area (Å²) in [5.41, 5.74) is 9.24. The largest absolute Gasteiger partial charge is 0.366 e. The summed E-state index contributed by atoms with van der Waals surface area (Å²) in [4.78, 5) is 0. The van der Waals surface area contributed by atoms with Gasteiger partial charge in [0.05, 0.1) is 0 Å². The van der Waals surface area contributed by atoms with Crippen molar-refractivity contribution < 1.29 is 0 Å². The van der Waals surface area contributed by atoms with Crippen LogP contribution in [0, 0.1) is 0 Å². The minimum atomic E-state index is -0.254. The van der Waals surface area contributed by atoms with Crippen molar-refractivity contribution >= 4 is 17.3 Å². The first-order valence-corrected chi connectivity index (χ1v) is 6.73. The number of nitrogens with two attached hydrogens (primary N) is 1. The summed E-state index contributed by atoms with van der Waals surface area (Å²) in [6.45, 7) is 0. The summed E-state index contributed by atoms with van der Waals surface area (Å²) >= 11 is 5.82. The van der Waals surface area contributed by atoms with Gasteiger partial charge in [-0.3, -0.25) is 0 Å². The summed E-state index contributed by atoms with van der Waals surface area (Å²) in [5.74, 6) is 0.443. The molecule has 0 bridgehead atoms. The molecular formula is C16H17ClN2. The molecule has 0 aliphatic rings. The number of alkyl halides is 1. The molecule has 98 valence electrons. The molecule has 19 heavy (non-hydrogen) atoms. The van der Waals surface area contributed by atoms with Crippen molar-refractivity contribution in [2.45, 2.75) is 6.17 Å². The first kappa shape index (κ1) is 13.7. The van der Waals surface area contributed by atoms with Gasteiger partial charge >= 0.3 is 0 Å². The molecule has 2 nitrogen and oxygen atoms in total. The van der Waals surface area contributed by atoms with Crippen molar-refractivity contribution in [3.63, 3.8) is 0 Å². The highest BCUT2D eigenvalue weighted by Crippen LogP contribution is 2.16. The molecule has 2 aromatic carbocycles. The number of halogens is 1. The lowest BCUT2D eigenvalue weighted by Crippen LogP contribution is -2.27. The molecule has 0 saturated heterocycles. The van der Waals surface area contributed by atoms with Gasteiger partial charge in [0.25, 0.3) is 0 Å². The Bertz CT molecular complexity index is 523. The summed E-state index contributed by atoms with van der Waals surface area (Å²) in [7, 11) is 0. The van der Waals surface area contributed by atoms with Crippen LogP contribution in [0.5, 0.6) is 0 Å². The van der Waals surface area contributed by atoms with Crippen LogP contribution < -0.4 is 11.1 Å². The maximum atomic E-state index is 6.17. The van der Waals surface area contributed by atoms with E-state index in [0.717, 1.165) is 16.8 Å². The average Bonchev–Trinajstić information content (AvgIpc) is 2.48. The number of allylic oxidation sites excluding steroid dienone is 1. The van der Waals surface area contributed by atoms with E-state index in [9.17, 15) is 0 Å². The first-order chi connectivity index (χ1) is 9.31. The fourth-order valence-electron chi connectivity index (χ4n) is 1.87. The number of rotatable bonds is 5. The third-order valence-electron chi connectivity index (χ3n) is 2.84. The molecular weight excluding hydrogens is 256 g/mol. The van der Waals surface area contributed by atoms with E-state index in [2.05, 4.69) is 5.32 Å². The lowest BCUT2D eigenvalue weighted by Gasteiger charge is -2.18. The molecule has 0 saturated carbocycles. The lowest BCUT2D eigenvalue weighted by atomic mass is 10.1. The molecule has 3 heteroatoms. The SMILES string of the molecule is NC(N/C(=C\CCl)c1ccccc1)c1ccccc1. The first-order valence-electron chi connectivity index (χ1n) is 6.20. The molecule has 0 heterocycles. The predicted octanol–water partition coefficient (Wildman–Crippen LogP) is 3.51. The molecule has 0 aliphatic heterocycles. The van der Waals surface area contributed by atoms with Gasteiger partial charge in [-0.25, -0.2) is 0 Å². The van der Waals surface area contributed by atoms with E-state index in [1.165, 1.54) is 0 Å². The minimum absolute atomic E-state index is 0.254. The fourth-order valence-corrected chi connectivity index (χ4v) is 2.02. The van der Waals surface area contributed by atoms with Gasteiger partial charge in [0.2, 0.25) is 0 Å². The van der Waals surface area contributed by atoms with Crippen molar-refractivity contribution in [1.29, 1.82) is 0 Å². The van der Waals surface area contributed by atoms with Crippen LogP contribution in [0.4, 0.5) is 0 Å². The highest BCUT2D eigenvalue weighted by atomic mass is 35.5. The van der Waals surface area contributed by atoms with Crippen LogP contribution in [0.1, 0.15) is 17.3 Å². The van der Waals surface area contributed by atoms with Gasteiger partial charge < -0.3 is 11.1 Å². The Morgan fingerprint density at radius 2 is 1.63 bits per heavy atom. The zero-order valence-electron chi connectivity index (χ0n) is 10.6. The van der Waals surface area contributed by atoms with E-state index in [1.54, 1.807) is 0 Å². The maximum absolute atomic E-state index is 6.17. The standard InChI is InChI=1S/C16H17ClN2/c17-12-11-15(13-7-3-1-4-8-13)19-16(18)14-9-5-2-6-10-14/h1-11,16,19H,12,18H2/b15-11-. The van der Waals surface area contributed by atoms with Gasteiger partial charge in [-0.1, -0.05) is 60.7 Å². The smallest absolute Gasteiger partial charge is 0.101 e. The van der Waals surface area contributed by atoms with Gasteiger partial charge in [0, 0.05) is 11.6 Å². The second kappa shape index (κ2) is 6.98. The highest BCUT2D eigenvalue weighted by Gasteiger charge is 2.07. The van der Waals surface area contributed by atoms with Crippen molar-refractivity contribution in [1.82, 2.24) is 5.32 Å². The van der Waals surface area contributed by atoms with Crippen molar-refractivity contribution in [2.75, 3.05) is 5.88 Å². The molecule has 1 atom stereocenters. The molecule has 0 aromatic heterocycles. The normalized spacial score (nSPS) is 13.1. The second-order valence-electron chi connectivity index (χ2n) is 4.17. The molecule has 0 fully saturated rings. The lowest BCUT2D eigenvalue weighted by molar-refractivity contribution is 0.666. The topological polar surface area (TPSA) is 38.0 Å². The number of hydrogen-bond acceptors (Lipinski definition) is 2. The van der Waals surface area contributed by atoms with Crippen LogP contribution in [0.15, 0.2) is 66.7 Å². The predicted molar refractivity (Wildman–Crippen MR) is 81.6 cm³/mol. The van der Waals surface area contributed by atoms with Gasteiger partial charge in [-0.2, -0.15) is 0 Å². The Kier molecular flexibility index (Phi) is 5.01. The Morgan fingerprint density at radius 3 is 2.21 bits per heavy atom. The third kappa shape index (κ3) is 3.85. The van der Waals surface area contributed by atoms with E-state index in [1.807, 2.05) is 66.7 Å². The van der Waals surface area contributed by atoms with Crippen LogP contribution in [-0.2, 0) is 0 Å². The third-order valence-corrected chi connectivity index (χ3v) is 2.99. The summed E-state index contributed by atoms with van der Waals surface area (Å²) in [6.07, 6.45) is 1.68. The van der Waals surface area contributed by atoms with Crippen LogP contribution in [-0.4, -0.2) is 5.88 Å². The fraction of sp³-hybridized carbons (Fsp3) is 0.125. The van der Waals surface area contributed by atoms with Crippen molar-refractivity contribution in [2.24, 2.45) is 5.73 Å². The van der Waals surface area contributed by atoms with Crippen LogP contribution in [0.3, 0.4) is 0 Å². The Morgan fingerprint density at radius 1 is 1.05 bits per heavy atom. The Hall–Kier alpha value is -1.77. The van der Waals surface area contributed by atoms with E-state index < -0.39 is 0 Å².